The second kappa shape index (κ2) is 8.04. The van der Waals surface area contributed by atoms with Gasteiger partial charge in [0.15, 0.2) is 0 Å². The lowest BCUT2D eigenvalue weighted by Gasteiger charge is -2.18. The standard InChI is InChI=1S/C21H25N3O2/c1-3-10-17(16-11-6-5-7-12-16)22-20(25)15-24-19-14-9-8-13-18(19)23(4-2)21(24)26/h5-9,11-14,17H,3-4,10,15H2,1-2H3,(H,22,25)/t17-/m1/s1. The smallest absolute Gasteiger partial charge is 0.329 e. The fourth-order valence-electron chi connectivity index (χ4n) is 3.41. The number of nitrogens with zero attached hydrogens (tertiary/aromatic N) is 2. The van der Waals surface area contributed by atoms with Gasteiger partial charge in [-0.25, -0.2) is 4.79 Å². The first kappa shape index (κ1) is 18.0. The van der Waals surface area contributed by atoms with Crippen LogP contribution >= 0.6 is 0 Å². The van der Waals surface area contributed by atoms with Gasteiger partial charge in [-0.1, -0.05) is 55.8 Å². The van der Waals surface area contributed by atoms with E-state index in [9.17, 15) is 9.59 Å². The Morgan fingerprint density at radius 3 is 2.19 bits per heavy atom. The lowest BCUT2D eigenvalue weighted by atomic mass is 10.0. The third kappa shape index (κ3) is 3.57. The summed E-state index contributed by atoms with van der Waals surface area (Å²) in [7, 11) is 0. The summed E-state index contributed by atoms with van der Waals surface area (Å²) < 4.78 is 3.26. The van der Waals surface area contributed by atoms with Crippen molar-refractivity contribution in [2.75, 3.05) is 0 Å². The summed E-state index contributed by atoms with van der Waals surface area (Å²) in [5.74, 6) is -0.145. The minimum absolute atomic E-state index is 0.0272. The van der Waals surface area contributed by atoms with Crippen molar-refractivity contribution >= 4 is 16.9 Å². The summed E-state index contributed by atoms with van der Waals surface area (Å²) in [6.45, 7) is 4.64. The minimum atomic E-state index is -0.145. The highest BCUT2D eigenvalue weighted by Crippen LogP contribution is 2.18. The van der Waals surface area contributed by atoms with E-state index < -0.39 is 0 Å². The number of imidazole rings is 1. The average Bonchev–Trinajstić information content (AvgIpc) is 2.93. The highest BCUT2D eigenvalue weighted by atomic mass is 16.2. The van der Waals surface area contributed by atoms with Crippen LogP contribution in [-0.4, -0.2) is 15.0 Å². The minimum Gasteiger partial charge on any atom is -0.348 e. The molecule has 0 saturated carbocycles. The molecule has 0 radical (unpaired) electrons. The van der Waals surface area contributed by atoms with Crippen molar-refractivity contribution in [3.05, 3.63) is 70.6 Å². The van der Waals surface area contributed by atoms with Crippen molar-refractivity contribution in [2.45, 2.75) is 45.8 Å². The van der Waals surface area contributed by atoms with Crippen LogP contribution in [0.2, 0.25) is 0 Å². The molecule has 1 heterocycles. The molecular weight excluding hydrogens is 326 g/mol. The molecule has 3 rings (SSSR count). The average molecular weight is 351 g/mol. The van der Waals surface area contributed by atoms with Crippen LogP contribution < -0.4 is 11.0 Å². The van der Waals surface area contributed by atoms with E-state index in [2.05, 4.69) is 12.2 Å². The Kier molecular flexibility index (Phi) is 5.56. The lowest BCUT2D eigenvalue weighted by molar-refractivity contribution is -0.122. The van der Waals surface area contributed by atoms with E-state index in [1.54, 1.807) is 9.13 Å². The maximum Gasteiger partial charge on any atom is 0.329 e. The monoisotopic (exact) mass is 351 g/mol. The number of aryl methyl sites for hydroxylation is 1. The zero-order valence-corrected chi connectivity index (χ0v) is 15.3. The van der Waals surface area contributed by atoms with Gasteiger partial charge in [-0.2, -0.15) is 0 Å². The number of carbonyl (C=O) groups is 1. The molecule has 0 aliphatic carbocycles. The van der Waals surface area contributed by atoms with Gasteiger partial charge in [0.2, 0.25) is 5.91 Å². The molecule has 0 bridgehead atoms. The topological polar surface area (TPSA) is 56.0 Å². The van der Waals surface area contributed by atoms with Crippen LogP contribution in [0.5, 0.6) is 0 Å². The molecular formula is C21H25N3O2. The Bertz CT molecular complexity index is 941. The summed E-state index contributed by atoms with van der Waals surface area (Å²) in [6.07, 6.45) is 1.83. The van der Waals surface area contributed by atoms with Gasteiger partial charge in [-0.05, 0) is 31.0 Å². The summed E-state index contributed by atoms with van der Waals surface area (Å²) >= 11 is 0. The van der Waals surface area contributed by atoms with E-state index in [1.807, 2.05) is 61.5 Å². The van der Waals surface area contributed by atoms with Gasteiger partial charge in [-0.3, -0.25) is 13.9 Å². The molecule has 0 aliphatic heterocycles. The maximum atomic E-state index is 12.7. The van der Waals surface area contributed by atoms with Gasteiger partial charge >= 0.3 is 5.69 Å². The molecule has 1 amide bonds. The van der Waals surface area contributed by atoms with Gasteiger partial charge in [0.1, 0.15) is 6.54 Å². The number of rotatable bonds is 7. The summed E-state index contributed by atoms with van der Waals surface area (Å²) in [4.78, 5) is 25.4. The molecule has 2 aromatic carbocycles. The first-order valence-electron chi connectivity index (χ1n) is 9.18. The van der Waals surface area contributed by atoms with Crippen molar-refractivity contribution in [2.24, 2.45) is 0 Å². The summed E-state index contributed by atoms with van der Waals surface area (Å²) in [5.41, 5.74) is 2.60. The largest absolute Gasteiger partial charge is 0.348 e. The number of nitrogens with one attached hydrogen (secondary N) is 1. The highest BCUT2D eigenvalue weighted by Gasteiger charge is 2.17. The zero-order chi connectivity index (χ0) is 18.5. The third-order valence-corrected chi connectivity index (χ3v) is 4.66. The first-order chi connectivity index (χ1) is 12.7. The Morgan fingerprint density at radius 1 is 0.962 bits per heavy atom. The number of carbonyl (C=O) groups excluding carboxylic acids is 1. The van der Waals surface area contributed by atoms with Gasteiger partial charge < -0.3 is 5.32 Å². The van der Waals surface area contributed by atoms with Crippen molar-refractivity contribution in [1.29, 1.82) is 0 Å². The van der Waals surface area contributed by atoms with Crippen molar-refractivity contribution in [3.63, 3.8) is 0 Å². The molecule has 1 atom stereocenters. The van der Waals surface area contributed by atoms with Crippen molar-refractivity contribution in [1.82, 2.24) is 14.5 Å². The molecule has 0 saturated heterocycles. The van der Waals surface area contributed by atoms with Gasteiger partial charge in [0, 0.05) is 6.54 Å². The van der Waals surface area contributed by atoms with E-state index in [0.29, 0.717) is 6.54 Å². The van der Waals surface area contributed by atoms with E-state index in [0.717, 1.165) is 29.4 Å². The van der Waals surface area contributed by atoms with Crippen LogP contribution in [-0.2, 0) is 17.9 Å². The Labute approximate surface area is 153 Å². The quantitative estimate of drug-likeness (QED) is 0.708. The summed E-state index contributed by atoms with van der Waals surface area (Å²) in [6, 6.07) is 17.5. The highest BCUT2D eigenvalue weighted by molar-refractivity contribution is 5.81. The number of benzene rings is 2. The normalized spacial score (nSPS) is 12.2. The first-order valence-corrected chi connectivity index (χ1v) is 9.18. The van der Waals surface area contributed by atoms with E-state index in [4.69, 9.17) is 0 Å². The predicted molar refractivity (Wildman–Crippen MR) is 104 cm³/mol. The van der Waals surface area contributed by atoms with Crippen LogP contribution in [0, 0.1) is 0 Å². The lowest BCUT2D eigenvalue weighted by Crippen LogP contribution is -2.35. The molecule has 26 heavy (non-hydrogen) atoms. The van der Waals surface area contributed by atoms with Crippen LogP contribution in [0.4, 0.5) is 0 Å². The maximum absolute atomic E-state index is 12.7. The number of hydrogen-bond acceptors (Lipinski definition) is 2. The zero-order valence-electron chi connectivity index (χ0n) is 15.3. The van der Waals surface area contributed by atoms with Crippen molar-refractivity contribution in [3.8, 4) is 0 Å². The van der Waals surface area contributed by atoms with Crippen molar-refractivity contribution < 1.29 is 4.79 Å². The molecule has 0 fully saturated rings. The molecule has 3 aromatic rings. The van der Waals surface area contributed by atoms with Crippen LogP contribution in [0.25, 0.3) is 11.0 Å². The number of amides is 1. The third-order valence-electron chi connectivity index (χ3n) is 4.66. The molecule has 136 valence electrons. The molecule has 0 aliphatic rings. The number of fused-ring (bicyclic) bond motifs is 1. The number of para-hydroxylation sites is 2. The van der Waals surface area contributed by atoms with E-state index in [1.165, 1.54) is 0 Å². The van der Waals surface area contributed by atoms with Gasteiger partial charge in [0.05, 0.1) is 17.1 Å². The van der Waals surface area contributed by atoms with Gasteiger partial charge in [0.25, 0.3) is 0 Å². The fraction of sp³-hybridized carbons (Fsp3) is 0.333. The summed E-state index contributed by atoms with van der Waals surface area (Å²) in [5, 5.41) is 3.09. The number of hydrogen-bond donors (Lipinski definition) is 1. The number of aromatic nitrogens is 2. The Morgan fingerprint density at radius 2 is 1.58 bits per heavy atom. The molecule has 5 heteroatoms. The Balaban J connectivity index is 1.85. The second-order valence-electron chi connectivity index (χ2n) is 6.42. The van der Waals surface area contributed by atoms with E-state index >= 15 is 0 Å². The van der Waals surface area contributed by atoms with Crippen LogP contribution in [0.1, 0.15) is 38.3 Å². The molecule has 1 N–H and O–H groups in total. The van der Waals surface area contributed by atoms with Crippen LogP contribution in [0.15, 0.2) is 59.4 Å². The SMILES string of the molecule is CCC[C@@H](NC(=O)Cn1c(=O)n(CC)c2ccccc21)c1ccccc1. The molecule has 0 unspecified atom stereocenters. The van der Waals surface area contributed by atoms with Crippen LogP contribution in [0.3, 0.4) is 0 Å². The molecule has 5 nitrogen and oxygen atoms in total. The van der Waals surface area contributed by atoms with E-state index in [-0.39, 0.29) is 24.2 Å². The second-order valence-corrected chi connectivity index (χ2v) is 6.42. The van der Waals surface area contributed by atoms with Gasteiger partial charge in [-0.15, -0.1) is 0 Å². The Hall–Kier alpha value is -2.82. The molecule has 0 spiro atoms. The fourth-order valence-corrected chi connectivity index (χ4v) is 3.41. The predicted octanol–water partition coefficient (Wildman–Crippen LogP) is 3.48. The molecule has 1 aromatic heterocycles.